The number of ether oxygens (including phenoxy) is 2. The highest BCUT2D eigenvalue weighted by molar-refractivity contribution is 5.93. The Bertz CT molecular complexity index is 899. The van der Waals surface area contributed by atoms with E-state index in [4.69, 9.17) is 9.47 Å². The SMILES string of the molecule is COc1ccc(OCC(=O)N/N=C(\C)C(c2ccccc2)c2ccccc2)cc1. The molecule has 1 N–H and O–H groups in total. The van der Waals surface area contributed by atoms with Crippen molar-refractivity contribution in [3.8, 4) is 11.5 Å². The van der Waals surface area contributed by atoms with Crippen molar-refractivity contribution in [3.05, 3.63) is 96.1 Å². The van der Waals surface area contributed by atoms with E-state index in [0.29, 0.717) is 5.75 Å². The highest BCUT2D eigenvalue weighted by Gasteiger charge is 2.17. The van der Waals surface area contributed by atoms with Crippen molar-refractivity contribution in [1.82, 2.24) is 5.43 Å². The van der Waals surface area contributed by atoms with E-state index < -0.39 is 0 Å². The lowest BCUT2D eigenvalue weighted by Gasteiger charge is -2.18. The number of nitrogens with zero attached hydrogens (tertiary/aromatic N) is 1. The summed E-state index contributed by atoms with van der Waals surface area (Å²) in [5, 5.41) is 4.33. The van der Waals surface area contributed by atoms with Crippen LogP contribution in [0.15, 0.2) is 90.0 Å². The summed E-state index contributed by atoms with van der Waals surface area (Å²) in [6, 6.07) is 27.3. The molecule has 0 unspecified atom stereocenters. The van der Waals surface area contributed by atoms with Gasteiger partial charge in [0.15, 0.2) is 6.61 Å². The Labute approximate surface area is 171 Å². The van der Waals surface area contributed by atoms with Crippen LogP contribution < -0.4 is 14.9 Å². The summed E-state index contributed by atoms with van der Waals surface area (Å²) in [5.74, 6) is 0.961. The molecule has 1 amide bonds. The second kappa shape index (κ2) is 10.1. The van der Waals surface area contributed by atoms with Crippen LogP contribution in [0.3, 0.4) is 0 Å². The molecule has 5 heteroatoms. The molecule has 0 aromatic heterocycles. The molecule has 0 bridgehead atoms. The number of methoxy groups -OCH3 is 1. The minimum absolute atomic E-state index is 0.0415. The molecule has 0 heterocycles. The Morgan fingerprint density at radius 2 is 1.38 bits per heavy atom. The van der Waals surface area contributed by atoms with Crippen molar-refractivity contribution in [1.29, 1.82) is 0 Å². The number of hydrazone groups is 1. The highest BCUT2D eigenvalue weighted by Crippen LogP contribution is 2.26. The minimum atomic E-state index is -0.319. The lowest BCUT2D eigenvalue weighted by atomic mass is 9.88. The van der Waals surface area contributed by atoms with Gasteiger partial charge in [-0.3, -0.25) is 4.79 Å². The quantitative estimate of drug-likeness (QED) is 0.460. The van der Waals surface area contributed by atoms with Gasteiger partial charge < -0.3 is 9.47 Å². The van der Waals surface area contributed by atoms with E-state index in [1.807, 2.05) is 43.3 Å². The Balaban J connectivity index is 1.66. The van der Waals surface area contributed by atoms with E-state index in [1.54, 1.807) is 31.4 Å². The molecule has 0 saturated carbocycles. The van der Waals surface area contributed by atoms with Gasteiger partial charge in [0.25, 0.3) is 5.91 Å². The molecular formula is C24H24N2O3. The molecule has 0 aliphatic carbocycles. The fourth-order valence-electron chi connectivity index (χ4n) is 3.03. The fraction of sp³-hybridized carbons (Fsp3) is 0.167. The number of hydrogen-bond donors (Lipinski definition) is 1. The molecule has 0 atom stereocenters. The predicted molar refractivity (Wildman–Crippen MR) is 114 cm³/mol. The maximum absolute atomic E-state index is 12.2. The van der Waals surface area contributed by atoms with Crippen LogP contribution in [0.5, 0.6) is 11.5 Å². The van der Waals surface area contributed by atoms with Crippen molar-refractivity contribution in [2.45, 2.75) is 12.8 Å². The van der Waals surface area contributed by atoms with Crippen LogP contribution >= 0.6 is 0 Å². The third kappa shape index (κ3) is 5.69. The van der Waals surface area contributed by atoms with Gasteiger partial charge in [0.2, 0.25) is 0 Å². The van der Waals surface area contributed by atoms with Gasteiger partial charge in [0.05, 0.1) is 7.11 Å². The first-order valence-corrected chi connectivity index (χ1v) is 9.37. The van der Waals surface area contributed by atoms with Crippen molar-refractivity contribution in [2.75, 3.05) is 13.7 Å². The largest absolute Gasteiger partial charge is 0.497 e. The van der Waals surface area contributed by atoms with E-state index in [1.165, 1.54) is 0 Å². The van der Waals surface area contributed by atoms with Gasteiger partial charge in [-0.2, -0.15) is 5.10 Å². The molecule has 148 valence electrons. The molecule has 0 spiro atoms. The Hall–Kier alpha value is -3.60. The molecule has 3 aromatic rings. The average molecular weight is 388 g/mol. The number of carbonyl (C=O) groups is 1. The summed E-state index contributed by atoms with van der Waals surface area (Å²) >= 11 is 0. The van der Waals surface area contributed by atoms with Gasteiger partial charge in [-0.05, 0) is 42.3 Å². The summed E-state index contributed by atoms with van der Waals surface area (Å²) in [7, 11) is 1.60. The second-order valence-corrected chi connectivity index (χ2v) is 6.51. The first-order chi connectivity index (χ1) is 14.2. The first kappa shape index (κ1) is 20.1. The van der Waals surface area contributed by atoms with E-state index in [0.717, 1.165) is 22.6 Å². The number of nitrogens with one attached hydrogen (secondary N) is 1. The summed E-state index contributed by atoms with van der Waals surface area (Å²) in [6.45, 7) is 1.79. The zero-order chi connectivity index (χ0) is 20.5. The third-order valence-corrected chi connectivity index (χ3v) is 4.47. The van der Waals surface area contributed by atoms with Crippen LogP contribution in [0, 0.1) is 0 Å². The first-order valence-electron chi connectivity index (χ1n) is 9.37. The number of carbonyl (C=O) groups excluding carboxylic acids is 1. The third-order valence-electron chi connectivity index (χ3n) is 4.47. The highest BCUT2D eigenvalue weighted by atomic mass is 16.5. The predicted octanol–water partition coefficient (Wildman–Crippen LogP) is 4.40. The number of hydrogen-bond acceptors (Lipinski definition) is 4. The molecule has 3 aromatic carbocycles. The Morgan fingerprint density at radius 3 is 1.90 bits per heavy atom. The molecule has 3 rings (SSSR count). The minimum Gasteiger partial charge on any atom is -0.497 e. The zero-order valence-electron chi connectivity index (χ0n) is 16.5. The van der Waals surface area contributed by atoms with Crippen LogP contribution in [0.4, 0.5) is 0 Å². The summed E-state index contributed by atoms with van der Waals surface area (Å²) in [5.41, 5.74) is 5.62. The zero-order valence-corrected chi connectivity index (χ0v) is 16.5. The Morgan fingerprint density at radius 1 is 0.862 bits per heavy atom. The van der Waals surface area contributed by atoms with Gasteiger partial charge >= 0.3 is 0 Å². The molecule has 0 aliphatic heterocycles. The second-order valence-electron chi connectivity index (χ2n) is 6.51. The topological polar surface area (TPSA) is 59.9 Å². The van der Waals surface area contributed by atoms with Crippen molar-refractivity contribution < 1.29 is 14.3 Å². The fourth-order valence-corrected chi connectivity index (χ4v) is 3.03. The van der Waals surface area contributed by atoms with Crippen molar-refractivity contribution in [3.63, 3.8) is 0 Å². The smallest absolute Gasteiger partial charge is 0.277 e. The molecule has 0 radical (unpaired) electrons. The van der Waals surface area contributed by atoms with Gasteiger partial charge in [0, 0.05) is 11.6 Å². The van der Waals surface area contributed by atoms with Crippen LogP contribution in [0.25, 0.3) is 0 Å². The average Bonchev–Trinajstić information content (AvgIpc) is 2.78. The molecule has 0 aliphatic rings. The van der Waals surface area contributed by atoms with Crippen LogP contribution in [-0.4, -0.2) is 25.3 Å². The van der Waals surface area contributed by atoms with Crippen molar-refractivity contribution >= 4 is 11.6 Å². The molecule has 0 saturated heterocycles. The standard InChI is InChI=1S/C24H24N2O3/c1-18(24(19-9-5-3-6-10-19)20-11-7-4-8-12-20)25-26-23(27)17-29-22-15-13-21(28-2)14-16-22/h3-16,24H,17H2,1-2H3,(H,26,27)/b25-18+. The lowest BCUT2D eigenvalue weighted by Crippen LogP contribution is -2.26. The van der Waals surface area contributed by atoms with Gasteiger partial charge in [-0.25, -0.2) is 5.43 Å². The molecule has 29 heavy (non-hydrogen) atoms. The number of amides is 1. The maximum Gasteiger partial charge on any atom is 0.277 e. The van der Waals surface area contributed by atoms with E-state index >= 15 is 0 Å². The number of benzene rings is 3. The Kier molecular flexibility index (Phi) is 7.00. The van der Waals surface area contributed by atoms with E-state index in [9.17, 15) is 4.79 Å². The molecule has 5 nitrogen and oxygen atoms in total. The summed E-state index contributed by atoms with van der Waals surface area (Å²) in [4.78, 5) is 12.2. The summed E-state index contributed by atoms with van der Waals surface area (Å²) < 4.78 is 10.6. The van der Waals surface area contributed by atoms with E-state index in [-0.39, 0.29) is 18.4 Å². The normalized spacial score (nSPS) is 11.2. The summed E-state index contributed by atoms with van der Waals surface area (Å²) in [6.07, 6.45) is 0. The van der Waals surface area contributed by atoms with Crippen LogP contribution in [0.2, 0.25) is 0 Å². The molecule has 0 fully saturated rings. The van der Waals surface area contributed by atoms with E-state index in [2.05, 4.69) is 34.8 Å². The number of rotatable bonds is 8. The van der Waals surface area contributed by atoms with Crippen LogP contribution in [0.1, 0.15) is 24.0 Å². The van der Waals surface area contributed by atoms with Crippen LogP contribution in [-0.2, 0) is 4.79 Å². The lowest BCUT2D eigenvalue weighted by molar-refractivity contribution is -0.123. The maximum atomic E-state index is 12.2. The van der Waals surface area contributed by atoms with Gasteiger partial charge in [-0.15, -0.1) is 0 Å². The van der Waals surface area contributed by atoms with Crippen molar-refractivity contribution in [2.24, 2.45) is 5.10 Å². The monoisotopic (exact) mass is 388 g/mol. The van der Waals surface area contributed by atoms with Gasteiger partial charge in [0.1, 0.15) is 11.5 Å². The van der Waals surface area contributed by atoms with Gasteiger partial charge in [-0.1, -0.05) is 60.7 Å². The molecular weight excluding hydrogens is 364 g/mol.